The quantitative estimate of drug-likeness (QED) is 0.361. The molecule has 7 N–H and O–H groups in total. The monoisotopic (exact) mass is 185 g/mol. The van der Waals surface area contributed by atoms with Gasteiger partial charge in [0.1, 0.15) is 0 Å². The first kappa shape index (κ1) is 150. The van der Waals surface area contributed by atoms with Gasteiger partial charge in [0, 0.05) is 21.1 Å². The maximum absolute atomic E-state index is 0. The van der Waals surface area contributed by atoms with Gasteiger partial charge in [0.2, 0.25) is 0 Å². The average Bonchev–Trinajstić information content (AvgIpc) is 0. The molecular formula is H10MoNO2P. The normalized spacial score (nSPS) is 0. The van der Waals surface area contributed by atoms with Crippen molar-refractivity contribution < 1.29 is 32.0 Å². The molecule has 0 spiro atoms. The van der Waals surface area contributed by atoms with E-state index in [1.54, 1.807) is 0 Å². The van der Waals surface area contributed by atoms with Crippen LogP contribution in [0.1, 0.15) is 0 Å². The molecule has 0 amide bonds. The fourth-order valence-corrected chi connectivity index (χ4v) is 0. The zero-order valence-electron chi connectivity index (χ0n) is 2.82. The molecule has 0 aliphatic heterocycles. The summed E-state index contributed by atoms with van der Waals surface area (Å²) in [6, 6.07) is 0. The Morgan fingerprint density at radius 1 is 0.800 bits per heavy atom. The van der Waals surface area contributed by atoms with Crippen LogP contribution in [0, 0.1) is 0 Å². The molecule has 0 heterocycles. The van der Waals surface area contributed by atoms with E-state index in [1.807, 2.05) is 0 Å². The molecule has 1 atom stereocenters. The van der Waals surface area contributed by atoms with Gasteiger partial charge in [-0.3, -0.25) is 0 Å². The molecule has 0 radical (unpaired) electrons. The molecule has 0 fully saturated rings. The smallest absolute Gasteiger partial charge is 0 e. The predicted octanol–water partition coefficient (Wildman–Crippen LogP) is -1.43. The SMILES string of the molecule is N.O.O.P.[Mo]. The van der Waals surface area contributed by atoms with Crippen LogP contribution in [0.3, 0.4) is 0 Å². The molecule has 0 saturated carbocycles. The van der Waals surface area contributed by atoms with Crippen LogP contribution in [-0.2, 0) is 21.1 Å². The minimum absolute atomic E-state index is 0. The van der Waals surface area contributed by atoms with Crippen molar-refractivity contribution in [3.63, 3.8) is 0 Å². The van der Waals surface area contributed by atoms with Crippen molar-refractivity contribution in [3.05, 3.63) is 0 Å². The molecular weight excluding hydrogens is 173 g/mol. The minimum Gasteiger partial charge on any atom is -0.412 e. The van der Waals surface area contributed by atoms with Crippen molar-refractivity contribution in [3.8, 4) is 0 Å². The fraction of sp³-hybridized carbons (Fsp3) is 0. The van der Waals surface area contributed by atoms with Gasteiger partial charge < -0.3 is 17.1 Å². The molecule has 1 unspecified atom stereocenters. The van der Waals surface area contributed by atoms with Gasteiger partial charge in [-0.15, -0.1) is 0 Å². The van der Waals surface area contributed by atoms with Crippen LogP contribution < -0.4 is 6.15 Å². The Labute approximate surface area is 48.6 Å². The van der Waals surface area contributed by atoms with E-state index in [0.717, 1.165) is 0 Å². The zero-order chi connectivity index (χ0) is 0. The fourth-order valence-electron chi connectivity index (χ4n) is 0. The second-order valence-electron chi connectivity index (χ2n) is 0. The van der Waals surface area contributed by atoms with E-state index in [2.05, 4.69) is 0 Å². The van der Waals surface area contributed by atoms with Crippen molar-refractivity contribution in [2.24, 2.45) is 0 Å². The van der Waals surface area contributed by atoms with Crippen molar-refractivity contribution in [1.82, 2.24) is 6.15 Å². The number of rotatable bonds is 0. The molecule has 3 nitrogen and oxygen atoms in total. The van der Waals surface area contributed by atoms with Crippen molar-refractivity contribution >= 4 is 9.90 Å². The van der Waals surface area contributed by atoms with Gasteiger partial charge in [-0.2, -0.15) is 9.90 Å². The van der Waals surface area contributed by atoms with E-state index in [4.69, 9.17) is 0 Å². The molecule has 0 aromatic heterocycles. The topological polar surface area (TPSA) is 98.0 Å². The van der Waals surface area contributed by atoms with Crippen molar-refractivity contribution in [2.75, 3.05) is 0 Å². The van der Waals surface area contributed by atoms with Gasteiger partial charge in [0.25, 0.3) is 0 Å². The van der Waals surface area contributed by atoms with Gasteiger partial charge >= 0.3 is 0 Å². The van der Waals surface area contributed by atoms with E-state index >= 15 is 0 Å². The first-order valence-electron chi connectivity index (χ1n) is 0. The summed E-state index contributed by atoms with van der Waals surface area (Å²) in [4.78, 5) is 0. The molecule has 0 bridgehead atoms. The molecule has 5 heavy (non-hydrogen) atoms. The van der Waals surface area contributed by atoms with Gasteiger partial charge in [-0.25, -0.2) is 0 Å². The standard InChI is InChI=1S/Mo.H3N.2H2O.H3P/h;1H3;2*1H2;1H3. The van der Waals surface area contributed by atoms with E-state index in [0.29, 0.717) is 0 Å². The summed E-state index contributed by atoms with van der Waals surface area (Å²) >= 11 is 0. The van der Waals surface area contributed by atoms with Gasteiger partial charge in [0.05, 0.1) is 0 Å². The van der Waals surface area contributed by atoms with Gasteiger partial charge in [0.15, 0.2) is 0 Å². The Morgan fingerprint density at radius 3 is 0.800 bits per heavy atom. The zero-order valence-corrected chi connectivity index (χ0v) is 6.24. The summed E-state index contributed by atoms with van der Waals surface area (Å²) in [6.45, 7) is 0. The number of hydrogen-bond acceptors (Lipinski definition) is 1. The third kappa shape index (κ3) is 45.1. The molecule has 0 aromatic rings. The number of hydrogen-bond donors (Lipinski definition) is 1. The minimum atomic E-state index is 0. The van der Waals surface area contributed by atoms with Crippen molar-refractivity contribution in [1.29, 1.82) is 0 Å². The summed E-state index contributed by atoms with van der Waals surface area (Å²) in [6.07, 6.45) is 0. The van der Waals surface area contributed by atoms with E-state index < -0.39 is 0 Å². The Balaban J connectivity index is 0. The second kappa shape index (κ2) is 80.2. The van der Waals surface area contributed by atoms with Crippen LogP contribution in [0.25, 0.3) is 0 Å². The summed E-state index contributed by atoms with van der Waals surface area (Å²) in [7, 11) is 0. The second-order valence-corrected chi connectivity index (χ2v) is 0. The molecule has 0 aromatic carbocycles. The third-order valence-electron chi connectivity index (χ3n) is 0. The Hall–Kier alpha value is 0.998. The summed E-state index contributed by atoms with van der Waals surface area (Å²) in [5, 5.41) is 0. The van der Waals surface area contributed by atoms with Crippen LogP contribution in [0.5, 0.6) is 0 Å². The van der Waals surface area contributed by atoms with Crippen LogP contribution in [0.15, 0.2) is 0 Å². The van der Waals surface area contributed by atoms with Gasteiger partial charge in [-0.1, -0.05) is 0 Å². The van der Waals surface area contributed by atoms with Crippen LogP contribution in [0.2, 0.25) is 0 Å². The van der Waals surface area contributed by atoms with Crippen LogP contribution >= 0.6 is 9.90 Å². The van der Waals surface area contributed by atoms with Crippen molar-refractivity contribution in [2.45, 2.75) is 0 Å². The summed E-state index contributed by atoms with van der Waals surface area (Å²) in [5.74, 6) is 0. The van der Waals surface area contributed by atoms with E-state index in [1.165, 1.54) is 0 Å². The Bertz CT molecular complexity index is 9.61. The maximum Gasteiger partial charge on any atom is 0 e. The largest absolute Gasteiger partial charge is 0.412 e. The molecule has 0 saturated heterocycles. The Morgan fingerprint density at radius 2 is 0.800 bits per heavy atom. The van der Waals surface area contributed by atoms with E-state index in [9.17, 15) is 0 Å². The predicted molar refractivity (Wildman–Crippen MR) is 23.4 cm³/mol. The van der Waals surface area contributed by atoms with Gasteiger partial charge in [-0.05, 0) is 0 Å². The van der Waals surface area contributed by atoms with Crippen LogP contribution in [-0.4, -0.2) is 11.0 Å². The Kier molecular flexibility index (Phi) is 2410. The summed E-state index contributed by atoms with van der Waals surface area (Å²) in [5.41, 5.74) is 0. The molecule has 0 aliphatic rings. The molecule has 0 aliphatic carbocycles. The van der Waals surface area contributed by atoms with E-state index in [-0.39, 0.29) is 48.1 Å². The average molecular weight is 183 g/mol. The first-order chi connectivity index (χ1) is 0. The first-order valence-corrected chi connectivity index (χ1v) is 0. The van der Waals surface area contributed by atoms with Crippen LogP contribution in [0.4, 0.5) is 0 Å². The molecule has 0 rings (SSSR count). The maximum atomic E-state index is 0. The molecule has 5 heteroatoms. The third-order valence-corrected chi connectivity index (χ3v) is 0. The molecule has 38 valence electrons. The summed E-state index contributed by atoms with van der Waals surface area (Å²) < 4.78 is 0.